The van der Waals surface area contributed by atoms with E-state index in [0.717, 1.165) is 29.1 Å². The van der Waals surface area contributed by atoms with Gasteiger partial charge in [0.25, 0.3) is 0 Å². The number of halogens is 1. The van der Waals surface area contributed by atoms with Crippen molar-refractivity contribution in [3.8, 4) is 5.75 Å². The SMILES string of the molecule is C[C@@H](Oc1ccc2ncc3c(c2c1)CCOC3)/C(C=NC12CN(S(C)(=O)=O)C(CF)(C1)C2)=N/N. The number of hydrogen-bond donors (Lipinski definition) is 1. The number of aromatic nitrogens is 1. The van der Waals surface area contributed by atoms with Crippen LogP contribution in [0.2, 0.25) is 0 Å². The first-order valence-corrected chi connectivity index (χ1v) is 13.1. The summed E-state index contributed by atoms with van der Waals surface area (Å²) < 4.78 is 50.8. The van der Waals surface area contributed by atoms with Gasteiger partial charge >= 0.3 is 0 Å². The Balaban J connectivity index is 1.33. The second kappa shape index (κ2) is 8.24. The smallest absolute Gasteiger partial charge is 0.211 e. The molecule has 11 heteroatoms. The molecule has 0 amide bonds. The number of nitrogens with zero attached hydrogens (tertiary/aromatic N) is 4. The van der Waals surface area contributed by atoms with Crippen LogP contribution in [0.4, 0.5) is 4.39 Å². The van der Waals surface area contributed by atoms with Crippen LogP contribution in [0, 0.1) is 0 Å². The number of sulfonamides is 1. The molecular formula is C23H28FN5O4S. The normalized spacial score (nSPS) is 28.1. The van der Waals surface area contributed by atoms with Crippen LogP contribution >= 0.6 is 0 Å². The number of pyridine rings is 1. The van der Waals surface area contributed by atoms with E-state index in [1.807, 2.05) is 31.3 Å². The van der Waals surface area contributed by atoms with E-state index >= 15 is 0 Å². The zero-order chi connectivity index (χ0) is 24.1. The Morgan fingerprint density at radius 2 is 2.24 bits per heavy atom. The largest absolute Gasteiger partial charge is 0.484 e. The quantitative estimate of drug-likeness (QED) is 0.361. The van der Waals surface area contributed by atoms with Crippen molar-refractivity contribution < 1.29 is 22.3 Å². The molecule has 1 aromatic carbocycles. The zero-order valence-corrected chi connectivity index (χ0v) is 20.0. The van der Waals surface area contributed by atoms with Crippen LogP contribution in [-0.2, 0) is 27.8 Å². The highest BCUT2D eigenvalue weighted by molar-refractivity contribution is 7.88. The molecule has 1 aromatic heterocycles. The maximum atomic E-state index is 13.7. The highest BCUT2D eigenvalue weighted by Crippen LogP contribution is 2.56. The molecule has 4 aliphatic rings. The van der Waals surface area contributed by atoms with Gasteiger partial charge in [-0.2, -0.15) is 9.41 Å². The minimum Gasteiger partial charge on any atom is -0.484 e. The molecule has 2 N–H and O–H groups in total. The third-order valence-electron chi connectivity index (χ3n) is 7.08. The molecule has 2 aromatic rings. The van der Waals surface area contributed by atoms with Gasteiger partial charge < -0.3 is 15.3 Å². The molecule has 1 atom stereocenters. The summed E-state index contributed by atoms with van der Waals surface area (Å²) in [5.74, 6) is 6.28. The van der Waals surface area contributed by atoms with Crippen molar-refractivity contribution in [1.29, 1.82) is 0 Å². The molecule has 34 heavy (non-hydrogen) atoms. The van der Waals surface area contributed by atoms with E-state index in [1.165, 1.54) is 16.1 Å². The average molecular weight is 490 g/mol. The number of hydrazone groups is 1. The zero-order valence-electron chi connectivity index (χ0n) is 19.2. The fraction of sp³-hybridized carbons (Fsp3) is 0.522. The van der Waals surface area contributed by atoms with Gasteiger partial charge in [-0.1, -0.05) is 0 Å². The molecule has 3 aliphatic heterocycles. The van der Waals surface area contributed by atoms with E-state index in [0.29, 0.717) is 37.5 Å². The van der Waals surface area contributed by atoms with Crippen LogP contribution in [0.1, 0.15) is 30.9 Å². The minimum absolute atomic E-state index is 0.159. The van der Waals surface area contributed by atoms with E-state index in [2.05, 4.69) is 15.1 Å². The molecule has 0 spiro atoms. The van der Waals surface area contributed by atoms with Crippen LogP contribution in [0.15, 0.2) is 34.5 Å². The number of nitrogens with two attached hydrogens (primary N) is 1. The highest BCUT2D eigenvalue weighted by atomic mass is 32.2. The van der Waals surface area contributed by atoms with E-state index in [4.69, 9.17) is 15.3 Å². The van der Waals surface area contributed by atoms with Crippen molar-refractivity contribution >= 4 is 32.9 Å². The van der Waals surface area contributed by atoms with Crippen LogP contribution in [0.5, 0.6) is 5.75 Å². The summed E-state index contributed by atoms with van der Waals surface area (Å²) in [6, 6.07) is 5.74. The fourth-order valence-electron chi connectivity index (χ4n) is 5.49. The number of aliphatic imine (C=N–C) groups is 1. The van der Waals surface area contributed by atoms with Gasteiger partial charge in [-0.25, -0.2) is 12.8 Å². The summed E-state index contributed by atoms with van der Waals surface area (Å²) in [5, 5.41) is 4.87. The third kappa shape index (κ3) is 3.85. The van der Waals surface area contributed by atoms with Crippen molar-refractivity contribution in [2.24, 2.45) is 15.9 Å². The summed E-state index contributed by atoms with van der Waals surface area (Å²) in [4.78, 5) is 9.12. The fourth-order valence-corrected chi connectivity index (χ4v) is 6.84. The van der Waals surface area contributed by atoms with Crippen LogP contribution in [0.3, 0.4) is 0 Å². The van der Waals surface area contributed by atoms with Crippen LogP contribution < -0.4 is 10.6 Å². The molecule has 1 aliphatic carbocycles. The molecule has 6 rings (SSSR count). The van der Waals surface area contributed by atoms with E-state index in [1.54, 1.807) is 0 Å². The molecule has 0 unspecified atom stereocenters. The van der Waals surface area contributed by atoms with Gasteiger partial charge in [0.1, 0.15) is 24.2 Å². The Kier molecular flexibility index (Phi) is 5.61. The summed E-state index contributed by atoms with van der Waals surface area (Å²) >= 11 is 0. The van der Waals surface area contributed by atoms with Gasteiger partial charge in [-0.3, -0.25) is 9.98 Å². The molecule has 9 nitrogen and oxygen atoms in total. The highest BCUT2D eigenvalue weighted by Gasteiger charge is 2.68. The Morgan fingerprint density at radius 3 is 2.91 bits per heavy atom. The molecule has 2 bridgehead atoms. The first-order valence-electron chi connectivity index (χ1n) is 11.2. The van der Waals surface area contributed by atoms with Gasteiger partial charge in [0.2, 0.25) is 10.0 Å². The molecule has 4 heterocycles. The van der Waals surface area contributed by atoms with Crippen molar-refractivity contribution in [2.45, 2.75) is 50.0 Å². The summed E-state index contributed by atoms with van der Waals surface area (Å²) in [6.07, 6.45) is 5.51. The predicted octanol–water partition coefficient (Wildman–Crippen LogP) is 1.98. The number of rotatable bonds is 7. The molecule has 0 radical (unpaired) electrons. The monoisotopic (exact) mass is 489 g/mol. The Labute approximate surface area is 197 Å². The Morgan fingerprint density at radius 1 is 1.44 bits per heavy atom. The molecule has 3 fully saturated rings. The topological polar surface area (TPSA) is 119 Å². The lowest BCUT2D eigenvalue weighted by Gasteiger charge is -2.43. The molecule has 2 saturated heterocycles. The lowest BCUT2D eigenvalue weighted by Crippen LogP contribution is -2.54. The van der Waals surface area contributed by atoms with Crippen molar-refractivity contribution in [3.63, 3.8) is 0 Å². The number of ether oxygens (including phenoxy) is 2. The standard InChI is InChI=1S/C23H28FN5O4S/c1-15(33-17-3-4-20-19(7-17)18-5-6-32-10-16(18)8-26-20)21(28-25)9-27-22-11-23(12-22,13-24)29(14-22)34(2,30)31/h3-4,7-9,15H,5-6,10-14,25H2,1-2H3/b27-9?,28-21+/t15-,22?,23?/m1/s1. The third-order valence-corrected chi connectivity index (χ3v) is 8.39. The number of hydrogen-bond acceptors (Lipinski definition) is 8. The summed E-state index contributed by atoms with van der Waals surface area (Å²) in [6.45, 7) is 2.49. The number of alkyl halides is 1. The van der Waals surface area contributed by atoms with Gasteiger partial charge in [0.15, 0.2) is 0 Å². The van der Waals surface area contributed by atoms with E-state index in [9.17, 15) is 12.8 Å². The number of benzene rings is 1. The Hall–Kier alpha value is -2.63. The Bertz CT molecular complexity index is 1290. The summed E-state index contributed by atoms with van der Waals surface area (Å²) in [5.41, 5.74) is 1.99. The first-order chi connectivity index (χ1) is 16.2. The summed E-state index contributed by atoms with van der Waals surface area (Å²) in [7, 11) is -3.52. The van der Waals surface area contributed by atoms with Gasteiger partial charge in [0, 0.05) is 24.3 Å². The number of fused-ring (bicyclic) bond motifs is 4. The van der Waals surface area contributed by atoms with Gasteiger partial charge in [0.05, 0.1) is 36.1 Å². The molecule has 1 saturated carbocycles. The van der Waals surface area contributed by atoms with Crippen molar-refractivity contribution in [2.75, 3.05) is 26.1 Å². The lowest BCUT2D eigenvalue weighted by molar-refractivity contribution is 0.111. The first kappa shape index (κ1) is 23.1. The lowest BCUT2D eigenvalue weighted by atomic mass is 9.69. The second-order valence-corrected chi connectivity index (χ2v) is 11.4. The van der Waals surface area contributed by atoms with Crippen LogP contribution in [0.25, 0.3) is 10.9 Å². The molecular weight excluding hydrogens is 461 g/mol. The van der Waals surface area contributed by atoms with Gasteiger partial charge in [-0.15, -0.1) is 0 Å². The molecule has 182 valence electrons. The van der Waals surface area contributed by atoms with E-state index < -0.39 is 33.9 Å². The maximum absolute atomic E-state index is 13.7. The van der Waals surface area contributed by atoms with E-state index in [-0.39, 0.29) is 6.54 Å². The van der Waals surface area contributed by atoms with Crippen molar-refractivity contribution in [1.82, 2.24) is 9.29 Å². The minimum atomic E-state index is -3.52. The second-order valence-electron chi connectivity index (χ2n) is 9.52. The van der Waals surface area contributed by atoms with Crippen molar-refractivity contribution in [3.05, 3.63) is 35.5 Å². The average Bonchev–Trinajstić information content (AvgIpc) is 3.31. The predicted molar refractivity (Wildman–Crippen MR) is 128 cm³/mol. The van der Waals surface area contributed by atoms with Crippen LogP contribution in [-0.4, -0.2) is 72.9 Å². The van der Waals surface area contributed by atoms with Gasteiger partial charge in [-0.05, 0) is 55.5 Å². The maximum Gasteiger partial charge on any atom is 0.211 e.